The van der Waals surface area contributed by atoms with Crippen molar-refractivity contribution < 1.29 is 9.84 Å². The van der Waals surface area contributed by atoms with Gasteiger partial charge in [0.2, 0.25) is 0 Å². The zero-order valence-electron chi connectivity index (χ0n) is 15.2. The molecular weight excluding hydrogens is 362 g/mol. The van der Waals surface area contributed by atoms with Crippen molar-refractivity contribution >= 4 is 17.0 Å². The van der Waals surface area contributed by atoms with Crippen LogP contribution in [-0.4, -0.2) is 20.9 Å². The maximum Gasteiger partial charge on any atom is 0.253 e. The smallest absolute Gasteiger partial charge is 0.253 e. The van der Waals surface area contributed by atoms with Crippen LogP contribution in [0.4, 0.5) is 5.69 Å². The maximum atomic E-state index is 12.0. The van der Waals surface area contributed by atoms with E-state index in [0.29, 0.717) is 24.3 Å². The minimum Gasteiger partial charge on any atom is -0.484 e. The van der Waals surface area contributed by atoms with Crippen LogP contribution in [0.15, 0.2) is 40.8 Å². The van der Waals surface area contributed by atoms with E-state index in [-0.39, 0.29) is 5.56 Å². The fraction of sp³-hybridized carbons (Fsp3) is 0.300. The summed E-state index contributed by atoms with van der Waals surface area (Å²) in [6.45, 7) is 2.19. The number of benzene rings is 1. The largest absolute Gasteiger partial charge is 0.484 e. The molecule has 0 amide bonds. The summed E-state index contributed by atoms with van der Waals surface area (Å²) in [4.78, 5) is 16.3. The molecule has 2 aromatic heterocycles. The Morgan fingerprint density at radius 1 is 1.37 bits per heavy atom. The highest BCUT2D eigenvalue weighted by molar-refractivity contribution is 7.09. The lowest BCUT2D eigenvalue weighted by molar-refractivity contribution is 0.187. The van der Waals surface area contributed by atoms with Crippen LogP contribution >= 0.6 is 11.3 Å². The fourth-order valence-corrected chi connectivity index (χ4v) is 3.87. The molecule has 1 atom stereocenters. The third-order valence-corrected chi connectivity index (χ3v) is 5.47. The summed E-state index contributed by atoms with van der Waals surface area (Å²) in [7, 11) is 1.76. The zero-order valence-corrected chi connectivity index (χ0v) is 16.0. The van der Waals surface area contributed by atoms with Crippen LogP contribution in [0.5, 0.6) is 5.75 Å². The lowest BCUT2D eigenvalue weighted by atomic mass is 9.96. The van der Waals surface area contributed by atoms with Gasteiger partial charge in [-0.2, -0.15) is 0 Å². The molecule has 6 nitrogen and oxygen atoms in total. The van der Waals surface area contributed by atoms with E-state index in [4.69, 9.17) is 4.74 Å². The van der Waals surface area contributed by atoms with Crippen LogP contribution in [0, 0.1) is 6.92 Å². The predicted octanol–water partition coefficient (Wildman–Crippen LogP) is 3.07. The Bertz CT molecular complexity index is 1000. The van der Waals surface area contributed by atoms with Gasteiger partial charge in [0.25, 0.3) is 5.56 Å². The van der Waals surface area contributed by atoms with Gasteiger partial charge in [-0.05, 0) is 54.7 Å². The van der Waals surface area contributed by atoms with E-state index in [9.17, 15) is 9.90 Å². The van der Waals surface area contributed by atoms with E-state index in [2.05, 4.69) is 16.4 Å². The molecule has 0 saturated heterocycles. The van der Waals surface area contributed by atoms with Crippen molar-refractivity contribution in [2.45, 2.75) is 32.6 Å². The number of nitrogens with one attached hydrogen (secondary N) is 1. The average Bonchev–Trinajstić information content (AvgIpc) is 3.17. The molecule has 0 aliphatic carbocycles. The molecule has 1 aliphatic rings. The van der Waals surface area contributed by atoms with E-state index in [1.54, 1.807) is 29.1 Å². The van der Waals surface area contributed by atoms with Crippen LogP contribution in [-0.2, 0) is 20.1 Å². The van der Waals surface area contributed by atoms with Crippen molar-refractivity contribution in [1.82, 2.24) is 9.55 Å². The molecule has 1 aromatic carbocycles. The Morgan fingerprint density at radius 3 is 2.96 bits per heavy atom. The topological polar surface area (TPSA) is 76.4 Å². The molecular formula is C20H21N3O3S. The van der Waals surface area contributed by atoms with Crippen molar-refractivity contribution in [3.8, 4) is 16.9 Å². The summed E-state index contributed by atoms with van der Waals surface area (Å²) in [6.07, 6.45) is 4.42. The number of hydrogen-bond donors (Lipinski definition) is 2. The van der Waals surface area contributed by atoms with E-state index in [1.807, 2.05) is 30.6 Å². The highest BCUT2D eigenvalue weighted by Crippen LogP contribution is 2.38. The first-order chi connectivity index (χ1) is 13.0. The second kappa shape index (κ2) is 7.17. The van der Waals surface area contributed by atoms with E-state index < -0.39 is 6.23 Å². The van der Waals surface area contributed by atoms with Gasteiger partial charge in [0, 0.05) is 30.4 Å². The average molecular weight is 383 g/mol. The van der Waals surface area contributed by atoms with Crippen LogP contribution in [0.2, 0.25) is 0 Å². The second-order valence-electron chi connectivity index (χ2n) is 6.75. The highest BCUT2D eigenvalue weighted by Gasteiger charge is 2.21. The minimum atomic E-state index is -0.578. The molecule has 1 aliphatic heterocycles. The number of nitrogens with zero attached hydrogens (tertiary/aromatic N) is 2. The molecule has 3 aromatic rings. The Labute approximate surface area is 161 Å². The monoisotopic (exact) mass is 383 g/mol. The van der Waals surface area contributed by atoms with Gasteiger partial charge in [-0.1, -0.05) is 0 Å². The molecule has 0 bridgehead atoms. The second-order valence-corrected chi connectivity index (χ2v) is 7.73. The number of aromatic nitrogens is 2. The normalized spacial score (nSPS) is 15.9. The SMILES string of the molecule is Cc1cc(-c2cc3c(c(OCc4nccs4)c2)NC(O)CC3)cn(C)c1=O. The van der Waals surface area contributed by atoms with E-state index >= 15 is 0 Å². The third-order valence-electron chi connectivity index (χ3n) is 4.71. The first-order valence-corrected chi connectivity index (χ1v) is 9.69. The lowest BCUT2D eigenvalue weighted by Gasteiger charge is -2.26. The standard InChI is InChI=1S/C20H21N3O3S/c1-12-7-15(10-23(2)20(12)25)14-8-13-3-4-17(24)22-19(13)16(9-14)26-11-18-21-5-6-27-18/h5-10,17,22,24H,3-4,11H2,1-2H3. The van der Waals surface area contributed by atoms with Crippen molar-refractivity contribution in [3.63, 3.8) is 0 Å². The number of ether oxygens (including phenoxy) is 1. The van der Waals surface area contributed by atoms with Crippen LogP contribution in [0.3, 0.4) is 0 Å². The van der Waals surface area contributed by atoms with Gasteiger partial charge < -0.3 is 19.7 Å². The van der Waals surface area contributed by atoms with Gasteiger partial charge in [-0.3, -0.25) is 4.79 Å². The number of thiazole rings is 1. The van der Waals surface area contributed by atoms with Crippen molar-refractivity contribution in [2.24, 2.45) is 7.05 Å². The third kappa shape index (κ3) is 3.61. The van der Waals surface area contributed by atoms with E-state index in [0.717, 1.165) is 33.8 Å². The van der Waals surface area contributed by atoms with Gasteiger partial charge in [0.15, 0.2) is 0 Å². The van der Waals surface area contributed by atoms with Gasteiger partial charge in [0.05, 0.1) is 5.69 Å². The number of rotatable bonds is 4. The van der Waals surface area contributed by atoms with E-state index in [1.165, 1.54) is 0 Å². The number of aryl methyl sites for hydroxylation is 3. The molecule has 1 unspecified atom stereocenters. The molecule has 0 spiro atoms. The summed E-state index contributed by atoms with van der Waals surface area (Å²) < 4.78 is 7.65. The molecule has 4 rings (SSSR count). The van der Waals surface area contributed by atoms with Crippen LogP contribution in [0.25, 0.3) is 11.1 Å². The molecule has 0 radical (unpaired) electrons. The predicted molar refractivity (Wildman–Crippen MR) is 106 cm³/mol. The quantitative estimate of drug-likeness (QED) is 0.724. The van der Waals surface area contributed by atoms with Crippen LogP contribution < -0.4 is 15.6 Å². The lowest BCUT2D eigenvalue weighted by Crippen LogP contribution is -2.25. The van der Waals surface area contributed by atoms with Crippen molar-refractivity contribution in [2.75, 3.05) is 5.32 Å². The number of pyridine rings is 1. The first-order valence-electron chi connectivity index (χ1n) is 8.81. The van der Waals surface area contributed by atoms with Gasteiger partial charge in [0.1, 0.15) is 23.6 Å². The maximum absolute atomic E-state index is 12.0. The molecule has 0 fully saturated rings. The van der Waals surface area contributed by atoms with Gasteiger partial charge in [-0.15, -0.1) is 11.3 Å². The molecule has 27 heavy (non-hydrogen) atoms. The summed E-state index contributed by atoms with van der Waals surface area (Å²) in [6, 6.07) is 5.96. The Kier molecular flexibility index (Phi) is 4.72. The summed E-state index contributed by atoms with van der Waals surface area (Å²) >= 11 is 1.54. The van der Waals surface area contributed by atoms with Crippen molar-refractivity contribution in [1.29, 1.82) is 0 Å². The Balaban J connectivity index is 1.77. The molecule has 2 N–H and O–H groups in total. The number of aliphatic hydroxyl groups is 1. The first kappa shape index (κ1) is 17.8. The van der Waals surface area contributed by atoms with Gasteiger partial charge in [-0.25, -0.2) is 4.98 Å². The highest BCUT2D eigenvalue weighted by atomic mass is 32.1. The van der Waals surface area contributed by atoms with Crippen LogP contribution in [0.1, 0.15) is 22.6 Å². The summed E-state index contributed by atoms with van der Waals surface area (Å²) in [5.41, 5.74) is 4.57. The Hall–Kier alpha value is -2.64. The summed E-state index contributed by atoms with van der Waals surface area (Å²) in [5, 5.41) is 15.9. The minimum absolute atomic E-state index is 0.00161. The zero-order chi connectivity index (χ0) is 19.0. The number of aliphatic hydroxyl groups excluding tert-OH is 1. The van der Waals surface area contributed by atoms with Crippen molar-refractivity contribution in [3.05, 3.63) is 62.5 Å². The van der Waals surface area contributed by atoms with Gasteiger partial charge >= 0.3 is 0 Å². The summed E-state index contributed by atoms with van der Waals surface area (Å²) in [5.74, 6) is 0.683. The fourth-order valence-electron chi connectivity index (χ4n) is 3.34. The number of hydrogen-bond acceptors (Lipinski definition) is 6. The molecule has 0 saturated carbocycles. The molecule has 7 heteroatoms. The number of anilines is 1. The Morgan fingerprint density at radius 2 is 2.22 bits per heavy atom. The molecule has 140 valence electrons. The number of fused-ring (bicyclic) bond motifs is 1. The molecule has 3 heterocycles.